The van der Waals surface area contributed by atoms with Crippen molar-refractivity contribution in [3.8, 4) is 0 Å². The third-order valence-corrected chi connectivity index (χ3v) is 4.07. The largest absolute Gasteiger partial charge is 0.370 e. The van der Waals surface area contributed by atoms with E-state index in [1.165, 1.54) is 5.56 Å². The van der Waals surface area contributed by atoms with Crippen LogP contribution in [-0.2, 0) is 0 Å². The molecule has 0 fully saturated rings. The number of anilines is 1. The molecule has 1 aromatic heterocycles. The van der Waals surface area contributed by atoms with Gasteiger partial charge in [-0.25, -0.2) is 4.98 Å². The van der Waals surface area contributed by atoms with Crippen molar-refractivity contribution in [3.63, 3.8) is 0 Å². The van der Waals surface area contributed by atoms with Crippen LogP contribution in [0.1, 0.15) is 38.7 Å². The van der Waals surface area contributed by atoms with E-state index < -0.39 is 0 Å². The van der Waals surface area contributed by atoms with Crippen molar-refractivity contribution >= 4 is 44.3 Å². The molecule has 0 aliphatic heterocycles. The summed E-state index contributed by atoms with van der Waals surface area (Å²) in [4.78, 5) is 4.72. The highest BCUT2D eigenvalue weighted by atomic mass is 79.9. The number of nitrogens with one attached hydrogen (secondary N) is 1. The molecule has 0 saturated heterocycles. The molecule has 0 atom stereocenters. The van der Waals surface area contributed by atoms with Crippen molar-refractivity contribution in [2.24, 2.45) is 0 Å². The summed E-state index contributed by atoms with van der Waals surface area (Å²) in [7, 11) is 0. The number of pyridine rings is 1. The zero-order chi connectivity index (χ0) is 14.0. The zero-order valence-electron chi connectivity index (χ0n) is 11.4. The van der Waals surface area contributed by atoms with Crippen molar-refractivity contribution < 1.29 is 0 Å². The van der Waals surface area contributed by atoms with Crippen LogP contribution in [-0.4, -0.2) is 11.5 Å². The van der Waals surface area contributed by atoms with E-state index in [1.807, 2.05) is 12.1 Å². The van der Waals surface area contributed by atoms with E-state index in [0.717, 1.165) is 34.2 Å². The lowest BCUT2D eigenvalue weighted by Gasteiger charge is -2.15. The summed E-state index contributed by atoms with van der Waals surface area (Å²) in [6.45, 7) is 7.42. The fourth-order valence-corrected chi connectivity index (χ4v) is 2.67. The van der Waals surface area contributed by atoms with Crippen LogP contribution in [0.25, 0.3) is 10.9 Å². The Morgan fingerprint density at radius 1 is 1.37 bits per heavy atom. The van der Waals surface area contributed by atoms with Gasteiger partial charge in [0.1, 0.15) is 5.82 Å². The van der Waals surface area contributed by atoms with Crippen molar-refractivity contribution in [2.45, 2.75) is 33.1 Å². The lowest BCUT2D eigenvalue weighted by Crippen LogP contribution is -2.07. The molecule has 0 aliphatic carbocycles. The standard InChI is InChI=1S/C15H18BrClN2/c1-4-7-18-15-10(9(2)3)8-11-12(16)5-6-13(17)14(11)19-15/h5-6,8-9H,4,7H2,1-3H3,(H,18,19). The van der Waals surface area contributed by atoms with Crippen LogP contribution in [0.4, 0.5) is 5.82 Å². The van der Waals surface area contributed by atoms with Crippen molar-refractivity contribution in [2.75, 3.05) is 11.9 Å². The second kappa shape index (κ2) is 6.10. The van der Waals surface area contributed by atoms with Gasteiger partial charge in [0.2, 0.25) is 0 Å². The van der Waals surface area contributed by atoms with E-state index in [-0.39, 0.29) is 0 Å². The molecule has 1 heterocycles. The predicted molar refractivity (Wildman–Crippen MR) is 87.3 cm³/mol. The second-order valence-corrected chi connectivity index (χ2v) is 6.19. The molecular weight excluding hydrogens is 324 g/mol. The molecule has 0 spiro atoms. The summed E-state index contributed by atoms with van der Waals surface area (Å²) in [6, 6.07) is 6.02. The Hall–Kier alpha value is -0.800. The number of hydrogen-bond donors (Lipinski definition) is 1. The predicted octanol–water partition coefficient (Wildman–Crippen LogP) is 5.60. The molecule has 2 aromatic rings. The van der Waals surface area contributed by atoms with Crippen LogP contribution in [0.2, 0.25) is 5.02 Å². The van der Waals surface area contributed by atoms with E-state index in [0.29, 0.717) is 10.9 Å². The molecule has 4 heteroatoms. The molecule has 0 unspecified atom stereocenters. The van der Waals surface area contributed by atoms with Crippen molar-refractivity contribution in [3.05, 3.63) is 33.3 Å². The van der Waals surface area contributed by atoms with Crippen LogP contribution in [0.15, 0.2) is 22.7 Å². The van der Waals surface area contributed by atoms with Crippen LogP contribution >= 0.6 is 27.5 Å². The molecular formula is C15H18BrClN2. The third-order valence-electron chi connectivity index (χ3n) is 3.08. The Balaban J connectivity index is 2.65. The topological polar surface area (TPSA) is 24.9 Å². The van der Waals surface area contributed by atoms with Gasteiger partial charge in [-0.3, -0.25) is 0 Å². The molecule has 2 rings (SSSR count). The maximum absolute atomic E-state index is 6.26. The molecule has 2 nitrogen and oxygen atoms in total. The van der Waals surface area contributed by atoms with Crippen molar-refractivity contribution in [1.82, 2.24) is 4.98 Å². The maximum Gasteiger partial charge on any atom is 0.130 e. The molecule has 0 radical (unpaired) electrons. The Morgan fingerprint density at radius 2 is 2.11 bits per heavy atom. The van der Waals surface area contributed by atoms with E-state index in [1.54, 1.807) is 0 Å². The number of rotatable bonds is 4. The van der Waals surface area contributed by atoms with E-state index in [2.05, 4.69) is 48.1 Å². The van der Waals surface area contributed by atoms with Gasteiger partial charge in [0.05, 0.1) is 10.5 Å². The third kappa shape index (κ3) is 3.03. The number of benzene rings is 1. The molecule has 102 valence electrons. The average molecular weight is 342 g/mol. The normalized spacial score (nSPS) is 11.3. The van der Waals surface area contributed by atoms with Crippen LogP contribution < -0.4 is 5.32 Å². The average Bonchev–Trinajstić information content (AvgIpc) is 2.39. The Labute approximate surface area is 127 Å². The van der Waals surface area contributed by atoms with Gasteiger partial charge >= 0.3 is 0 Å². The van der Waals surface area contributed by atoms with Gasteiger partial charge < -0.3 is 5.32 Å². The molecule has 0 bridgehead atoms. The summed E-state index contributed by atoms with van der Waals surface area (Å²) in [5.74, 6) is 1.37. The number of aromatic nitrogens is 1. The van der Waals surface area contributed by atoms with Gasteiger partial charge in [0, 0.05) is 16.4 Å². The highest BCUT2D eigenvalue weighted by Gasteiger charge is 2.13. The monoisotopic (exact) mass is 340 g/mol. The Bertz CT molecular complexity index is 596. The van der Waals surface area contributed by atoms with Gasteiger partial charge in [-0.15, -0.1) is 0 Å². The SMILES string of the molecule is CCCNc1nc2c(Cl)ccc(Br)c2cc1C(C)C. The number of halogens is 2. The van der Waals surface area contributed by atoms with Crippen LogP contribution in [0.5, 0.6) is 0 Å². The zero-order valence-corrected chi connectivity index (χ0v) is 13.8. The van der Waals surface area contributed by atoms with Gasteiger partial charge in [-0.1, -0.05) is 48.3 Å². The van der Waals surface area contributed by atoms with Gasteiger partial charge in [0.15, 0.2) is 0 Å². The van der Waals surface area contributed by atoms with Gasteiger partial charge in [0.25, 0.3) is 0 Å². The summed E-state index contributed by atoms with van der Waals surface area (Å²) in [6.07, 6.45) is 1.07. The molecule has 19 heavy (non-hydrogen) atoms. The Kier molecular flexibility index (Phi) is 4.69. The molecule has 1 N–H and O–H groups in total. The lowest BCUT2D eigenvalue weighted by molar-refractivity contribution is 0.856. The highest BCUT2D eigenvalue weighted by Crippen LogP contribution is 2.34. The quantitative estimate of drug-likeness (QED) is 0.783. The smallest absolute Gasteiger partial charge is 0.130 e. The minimum atomic E-state index is 0.419. The lowest BCUT2D eigenvalue weighted by atomic mass is 10.0. The fraction of sp³-hybridized carbons (Fsp3) is 0.400. The first-order valence-corrected chi connectivity index (χ1v) is 7.74. The van der Waals surface area contributed by atoms with Crippen LogP contribution in [0.3, 0.4) is 0 Å². The minimum absolute atomic E-state index is 0.419. The Morgan fingerprint density at radius 3 is 2.74 bits per heavy atom. The number of nitrogens with zero attached hydrogens (tertiary/aromatic N) is 1. The van der Waals surface area contributed by atoms with Gasteiger partial charge in [-0.2, -0.15) is 0 Å². The summed E-state index contributed by atoms with van der Waals surface area (Å²) in [5.41, 5.74) is 2.07. The fourth-order valence-electron chi connectivity index (χ4n) is 2.03. The number of fused-ring (bicyclic) bond motifs is 1. The van der Waals surface area contributed by atoms with Crippen LogP contribution in [0, 0.1) is 0 Å². The minimum Gasteiger partial charge on any atom is -0.370 e. The summed E-state index contributed by atoms with van der Waals surface area (Å²) in [5, 5.41) is 5.15. The summed E-state index contributed by atoms with van der Waals surface area (Å²) < 4.78 is 1.03. The molecule has 0 saturated carbocycles. The molecule has 0 aliphatic rings. The first-order valence-electron chi connectivity index (χ1n) is 6.57. The molecule has 1 aromatic carbocycles. The van der Waals surface area contributed by atoms with E-state index in [4.69, 9.17) is 16.6 Å². The highest BCUT2D eigenvalue weighted by molar-refractivity contribution is 9.10. The second-order valence-electron chi connectivity index (χ2n) is 4.93. The van der Waals surface area contributed by atoms with E-state index in [9.17, 15) is 0 Å². The first-order chi connectivity index (χ1) is 9.04. The van der Waals surface area contributed by atoms with Crippen molar-refractivity contribution in [1.29, 1.82) is 0 Å². The molecule has 0 amide bonds. The van der Waals surface area contributed by atoms with Gasteiger partial charge in [-0.05, 0) is 36.1 Å². The maximum atomic E-state index is 6.26. The van der Waals surface area contributed by atoms with E-state index >= 15 is 0 Å². The number of hydrogen-bond acceptors (Lipinski definition) is 2. The first kappa shape index (κ1) is 14.6. The summed E-state index contributed by atoms with van der Waals surface area (Å²) >= 11 is 9.83.